The molecule has 1 unspecified atom stereocenters. The summed E-state index contributed by atoms with van der Waals surface area (Å²) in [5, 5.41) is 7.04. The highest BCUT2D eigenvalue weighted by Crippen LogP contribution is 2.21. The van der Waals surface area contributed by atoms with Crippen LogP contribution in [0.25, 0.3) is 0 Å². The van der Waals surface area contributed by atoms with E-state index in [2.05, 4.69) is 15.5 Å². The summed E-state index contributed by atoms with van der Waals surface area (Å²) in [6, 6.07) is 4.76. The maximum absolute atomic E-state index is 13.9. The molecule has 1 atom stereocenters. The van der Waals surface area contributed by atoms with E-state index in [1.807, 2.05) is 6.92 Å². The number of ether oxygens (including phenoxy) is 1. The first kappa shape index (κ1) is 14.5. The minimum Gasteiger partial charge on any atom is -0.497 e. The highest BCUT2D eigenvalue weighted by Gasteiger charge is 2.11. The van der Waals surface area contributed by atoms with E-state index in [0.29, 0.717) is 36.0 Å². The van der Waals surface area contributed by atoms with Crippen LogP contribution < -0.4 is 10.1 Å². The number of aromatic nitrogens is 2. The highest BCUT2D eigenvalue weighted by molar-refractivity contribution is 5.30. The molecular weight excluding hydrogens is 261 g/mol. The van der Waals surface area contributed by atoms with Crippen molar-refractivity contribution in [2.75, 3.05) is 13.7 Å². The molecule has 2 rings (SSSR count). The summed E-state index contributed by atoms with van der Waals surface area (Å²) in [4.78, 5) is 4.11. The van der Waals surface area contributed by atoms with E-state index < -0.39 is 0 Å². The lowest BCUT2D eigenvalue weighted by molar-refractivity contribution is 0.386. The smallest absolute Gasteiger partial charge is 0.223 e. The minimum absolute atomic E-state index is 0.103. The third kappa shape index (κ3) is 3.54. The predicted octanol–water partition coefficient (Wildman–Crippen LogP) is 2.42. The molecule has 0 saturated heterocycles. The maximum atomic E-state index is 13.9. The Hall–Kier alpha value is -1.95. The molecule has 1 N–H and O–H groups in total. The Labute approximate surface area is 117 Å². The monoisotopic (exact) mass is 279 g/mol. The topological polar surface area (TPSA) is 60.2 Å². The number of methoxy groups -OCH3 is 1. The Bertz CT molecular complexity index is 571. The zero-order chi connectivity index (χ0) is 14.5. The Morgan fingerprint density at radius 3 is 2.85 bits per heavy atom. The van der Waals surface area contributed by atoms with E-state index in [1.54, 1.807) is 19.1 Å². The highest BCUT2D eigenvalue weighted by atomic mass is 19.1. The Balaban J connectivity index is 1.89. The second kappa shape index (κ2) is 6.47. The first-order valence-electron chi connectivity index (χ1n) is 6.46. The largest absolute Gasteiger partial charge is 0.497 e. The number of rotatable bonds is 6. The van der Waals surface area contributed by atoms with Gasteiger partial charge < -0.3 is 14.6 Å². The van der Waals surface area contributed by atoms with Crippen molar-refractivity contribution in [2.45, 2.75) is 26.3 Å². The molecule has 20 heavy (non-hydrogen) atoms. The first-order valence-corrected chi connectivity index (χ1v) is 6.46. The van der Waals surface area contributed by atoms with Crippen LogP contribution in [0, 0.1) is 12.7 Å². The zero-order valence-electron chi connectivity index (χ0n) is 11.8. The number of halogens is 1. The van der Waals surface area contributed by atoms with Crippen LogP contribution in [0.1, 0.15) is 30.2 Å². The standard InChI is InChI=1S/C14H18FN3O2/c1-9(12-5-4-11(19-3)8-13(12)15)16-7-6-14-17-10(2)20-18-14/h4-5,8-9,16H,6-7H2,1-3H3. The molecule has 0 spiro atoms. The first-order chi connectivity index (χ1) is 9.60. The van der Waals surface area contributed by atoms with Gasteiger partial charge in [-0.3, -0.25) is 0 Å². The van der Waals surface area contributed by atoms with Gasteiger partial charge in [0, 0.05) is 37.6 Å². The molecule has 1 aromatic heterocycles. The SMILES string of the molecule is COc1ccc(C(C)NCCc2noc(C)n2)c(F)c1. The fourth-order valence-corrected chi connectivity index (χ4v) is 1.94. The van der Waals surface area contributed by atoms with Crippen molar-refractivity contribution in [2.24, 2.45) is 0 Å². The zero-order valence-corrected chi connectivity index (χ0v) is 11.8. The van der Waals surface area contributed by atoms with Crippen molar-refractivity contribution < 1.29 is 13.7 Å². The van der Waals surface area contributed by atoms with E-state index in [1.165, 1.54) is 13.2 Å². The molecule has 108 valence electrons. The van der Waals surface area contributed by atoms with Crippen LogP contribution in [0.2, 0.25) is 0 Å². The summed E-state index contributed by atoms with van der Waals surface area (Å²) in [5.74, 6) is 1.44. The van der Waals surface area contributed by atoms with Crippen molar-refractivity contribution in [3.05, 3.63) is 41.3 Å². The van der Waals surface area contributed by atoms with E-state index in [9.17, 15) is 4.39 Å². The quantitative estimate of drug-likeness (QED) is 0.880. The minimum atomic E-state index is -0.278. The van der Waals surface area contributed by atoms with E-state index in [-0.39, 0.29) is 11.9 Å². The van der Waals surface area contributed by atoms with Gasteiger partial charge in [0.05, 0.1) is 7.11 Å². The normalized spacial score (nSPS) is 12.4. The van der Waals surface area contributed by atoms with Gasteiger partial charge >= 0.3 is 0 Å². The van der Waals surface area contributed by atoms with Gasteiger partial charge in [0.2, 0.25) is 5.89 Å². The van der Waals surface area contributed by atoms with Gasteiger partial charge in [-0.1, -0.05) is 11.2 Å². The number of aryl methyl sites for hydroxylation is 1. The van der Waals surface area contributed by atoms with Crippen LogP contribution in [0.5, 0.6) is 5.75 Å². The average Bonchev–Trinajstić information content (AvgIpc) is 2.84. The van der Waals surface area contributed by atoms with Gasteiger partial charge in [0.1, 0.15) is 11.6 Å². The lowest BCUT2D eigenvalue weighted by atomic mass is 10.1. The van der Waals surface area contributed by atoms with Gasteiger partial charge in [-0.15, -0.1) is 0 Å². The number of hydrogen-bond donors (Lipinski definition) is 1. The van der Waals surface area contributed by atoms with E-state index in [0.717, 1.165) is 0 Å². The van der Waals surface area contributed by atoms with Crippen molar-refractivity contribution in [3.63, 3.8) is 0 Å². The Kier molecular flexibility index (Phi) is 4.68. The van der Waals surface area contributed by atoms with Gasteiger partial charge in [0.25, 0.3) is 0 Å². The molecule has 0 bridgehead atoms. The maximum Gasteiger partial charge on any atom is 0.223 e. The molecule has 5 nitrogen and oxygen atoms in total. The summed E-state index contributed by atoms with van der Waals surface area (Å²) in [6.45, 7) is 4.30. The van der Waals surface area contributed by atoms with Crippen LogP contribution in [-0.2, 0) is 6.42 Å². The predicted molar refractivity (Wildman–Crippen MR) is 72.1 cm³/mol. The number of nitrogens with zero attached hydrogens (tertiary/aromatic N) is 2. The average molecular weight is 279 g/mol. The fourth-order valence-electron chi connectivity index (χ4n) is 1.94. The molecular formula is C14H18FN3O2. The molecule has 2 aromatic rings. The fraction of sp³-hybridized carbons (Fsp3) is 0.429. The van der Waals surface area contributed by atoms with Crippen molar-refractivity contribution in [1.29, 1.82) is 0 Å². The molecule has 0 aliphatic heterocycles. The van der Waals surface area contributed by atoms with Crippen molar-refractivity contribution in [3.8, 4) is 5.75 Å². The van der Waals surface area contributed by atoms with Crippen molar-refractivity contribution in [1.82, 2.24) is 15.5 Å². The summed E-state index contributed by atoms with van der Waals surface area (Å²) in [7, 11) is 1.52. The number of nitrogens with one attached hydrogen (secondary N) is 1. The lowest BCUT2D eigenvalue weighted by Crippen LogP contribution is -2.22. The Morgan fingerprint density at radius 2 is 2.25 bits per heavy atom. The second-order valence-corrected chi connectivity index (χ2v) is 4.54. The molecule has 0 aliphatic carbocycles. The second-order valence-electron chi connectivity index (χ2n) is 4.54. The molecule has 0 fully saturated rings. The molecule has 6 heteroatoms. The van der Waals surface area contributed by atoms with Gasteiger partial charge in [-0.25, -0.2) is 4.39 Å². The van der Waals surface area contributed by atoms with Gasteiger partial charge in [-0.2, -0.15) is 4.98 Å². The number of benzene rings is 1. The van der Waals surface area contributed by atoms with Crippen LogP contribution in [-0.4, -0.2) is 23.8 Å². The summed E-state index contributed by atoms with van der Waals surface area (Å²) in [6.07, 6.45) is 0.638. The van der Waals surface area contributed by atoms with E-state index >= 15 is 0 Å². The Morgan fingerprint density at radius 1 is 1.45 bits per heavy atom. The third-order valence-electron chi connectivity index (χ3n) is 3.04. The van der Waals surface area contributed by atoms with Crippen LogP contribution >= 0.6 is 0 Å². The van der Waals surface area contributed by atoms with Crippen molar-refractivity contribution >= 4 is 0 Å². The van der Waals surface area contributed by atoms with Crippen LogP contribution in [0.4, 0.5) is 4.39 Å². The van der Waals surface area contributed by atoms with Crippen LogP contribution in [0.15, 0.2) is 22.7 Å². The third-order valence-corrected chi connectivity index (χ3v) is 3.04. The van der Waals surface area contributed by atoms with Gasteiger partial charge in [0.15, 0.2) is 5.82 Å². The molecule has 0 aliphatic rings. The summed E-state index contributed by atoms with van der Waals surface area (Å²) >= 11 is 0. The summed E-state index contributed by atoms with van der Waals surface area (Å²) in [5.41, 5.74) is 0.607. The molecule has 0 radical (unpaired) electrons. The lowest BCUT2D eigenvalue weighted by Gasteiger charge is -2.15. The molecule has 1 heterocycles. The molecule has 1 aromatic carbocycles. The summed E-state index contributed by atoms with van der Waals surface area (Å²) < 4.78 is 23.8. The van der Waals surface area contributed by atoms with Crippen LogP contribution in [0.3, 0.4) is 0 Å². The number of hydrogen-bond acceptors (Lipinski definition) is 5. The van der Waals surface area contributed by atoms with E-state index in [4.69, 9.17) is 9.26 Å². The molecule has 0 saturated carbocycles. The molecule has 0 amide bonds. The van der Waals surface area contributed by atoms with Gasteiger partial charge in [-0.05, 0) is 13.0 Å².